The molecule has 0 radical (unpaired) electrons. The third-order valence-corrected chi connectivity index (χ3v) is 3.86. The minimum atomic E-state index is 0.437. The topological polar surface area (TPSA) is 45.7 Å². The molecular formula is C14H23N3OS. The molecule has 1 atom stereocenters. The highest BCUT2D eigenvalue weighted by molar-refractivity contribution is 7.07. The molecule has 2 rings (SSSR count). The van der Waals surface area contributed by atoms with Crippen molar-refractivity contribution in [1.29, 1.82) is 0 Å². The van der Waals surface area contributed by atoms with Crippen LogP contribution in [-0.4, -0.2) is 31.8 Å². The highest BCUT2D eigenvalue weighted by Crippen LogP contribution is 2.14. The molecule has 0 aromatic carbocycles. The molecule has 1 saturated heterocycles. The number of ether oxygens (including phenoxy) is 1. The van der Waals surface area contributed by atoms with Crippen molar-refractivity contribution in [3.8, 4) is 0 Å². The number of thiophene rings is 1. The molecule has 0 amide bonds. The van der Waals surface area contributed by atoms with Gasteiger partial charge < -0.3 is 15.4 Å². The fourth-order valence-electron chi connectivity index (χ4n) is 2.12. The van der Waals surface area contributed by atoms with Gasteiger partial charge in [0.25, 0.3) is 0 Å². The first-order valence-electron chi connectivity index (χ1n) is 7.03. The van der Waals surface area contributed by atoms with Crippen LogP contribution >= 0.6 is 11.3 Å². The molecule has 1 aromatic rings. The fourth-order valence-corrected chi connectivity index (χ4v) is 2.78. The molecule has 106 valence electrons. The summed E-state index contributed by atoms with van der Waals surface area (Å²) in [5.41, 5.74) is 1.27. The summed E-state index contributed by atoms with van der Waals surface area (Å²) in [6.07, 6.45) is 3.90. The average molecular weight is 281 g/mol. The summed E-state index contributed by atoms with van der Waals surface area (Å²) in [4.78, 5) is 4.58. The number of aliphatic imine (C=N–C) groups is 1. The van der Waals surface area contributed by atoms with E-state index in [1.165, 1.54) is 18.4 Å². The van der Waals surface area contributed by atoms with Gasteiger partial charge in [0.2, 0.25) is 0 Å². The van der Waals surface area contributed by atoms with Crippen LogP contribution in [0.4, 0.5) is 0 Å². The lowest BCUT2D eigenvalue weighted by Gasteiger charge is -2.13. The fraction of sp³-hybridized carbons (Fsp3) is 0.643. The second-order valence-corrected chi connectivity index (χ2v) is 5.46. The molecular weight excluding hydrogens is 258 g/mol. The lowest BCUT2D eigenvalue weighted by atomic mass is 10.2. The summed E-state index contributed by atoms with van der Waals surface area (Å²) in [5.74, 6) is 0.895. The van der Waals surface area contributed by atoms with Crippen LogP contribution in [0.3, 0.4) is 0 Å². The summed E-state index contributed by atoms with van der Waals surface area (Å²) < 4.78 is 5.61. The van der Waals surface area contributed by atoms with Crippen molar-refractivity contribution in [2.45, 2.75) is 38.8 Å². The summed E-state index contributed by atoms with van der Waals surface area (Å²) in [6.45, 7) is 5.55. The molecule has 0 aliphatic carbocycles. The number of hydrogen-bond donors (Lipinski definition) is 2. The lowest BCUT2D eigenvalue weighted by molar-refractivity contribution is 0.105. The Balaban J connectivity index is 1.73. The predicted molar refractivity (Wildman–Crippen MR) is 80.7 cm³/mol. The molecule has 0 bridgehead atoms. The van der Waals surface area contributed by atoms with Crippen LogP contribution in [0.25, 0.3) is 0 Å². The highest BCUT2D eigenvalue weighted by Gasteiger charge is 2.14. The van der Waals surface area contributed by atoms with Gasteiger partial charge in [0, 0.05) is 19.7 Å². The quantitative estimate of drug-likeness (QED) is 0.621. The van der Waals surface area contributed by atoms with Gasteiger partial charge in [-0.25, -0.2) is 4.99 Å². The van der Waals surface area contributed by atoms with Gasteiger partial charge in [-0.1, -0.05) is 0 Å². The summed E-state index contributed by atoms with van der Waals surface area (Å²) >= 11 is 1.71. The van der Waals surface area contributed by atoms with E-state index < -0.39 is 0 Å². The second kappa shape index (κ2) is 8.17. The van der Waals surface area contributed by atoms with Crippen molar-refractivity contribution in [1.82, 2.24) is 10.6 Å². The van der Waals surface area contributed by atoms with Gasteiger partial charge >= 0.3 is 0 Å². The van der Waals surface area contributed by atoms with Gasteiger partial charge in [-0.3, -0.25) is 0 Å². The molecule has 1 aliphatic heterocycles. The number of nitrogens with zero attached hydrogens (tertiary/aromatic N) is 1. The largest absolute Gasteiger partial charge is 0.378 e. The summed E-state index contributed by atoms with van der Waals surface area (Å²) in [5, 5.41) is 10.9. The summed E-state index contributed by atoms with van der Waals surface area (Å²) in [6, 6.07) is 2.12. The molecule has 2 N–H and O–H groups in total. The molecule has 1 aromatic heterocycles. The minimum Gasteiger partial charge on any atom is -0.378 e. The Morgan fingerprint density at radius 1 is 1.53 bits per heavy atom. The van der Waals surface area contributed by atoms with Crippen LogP contribution in [-0.2, 0) is 11.3 Å². The Hall–Kier alpha value is -1.07. The van der Waals surface area contributed by atoms with E-state index in [4.69, 9.17) is 4.74 Å². The number of rotatable bonds is 6. The van der Waals surface area contributed by atoms with Gasteiger partial charge in [0.05, 0.1) is 12.6 Å². The zero-order chi connectivity index (χ0) is 13.3. The van der Waals surface area contributed by atoms with Crippen molar-refractivity contribution in [2.75, 3.05) is 19.7 Å². The molecule has 1 aliphatic rings. The Morgan fingerprint density at radius 3 is 3.16 bits per heavy atom. The van der Waals surface area contributed by atoms with Crippen molar-refractivity contribution in [3.63, 3.8) is 0 Å². The van der Waals surface area contributed by atoms with Crippen LogP contribution in [0.1, 0.15) is 31.7 Å². The minimum absolute atomic E-state index is 0.437. The van der Waals surface area contributed by atoms with Gasteiger partial charge in [-0.15, -0.1) is 0 Å². The monoisotopic (exact) mass is 281 g/mol. The van der Waals surface area contributed by atoms with Crippen LogP contribution < -0.4 is 10.6 Å². The Labute approximate surface area is 119 Å². The van der Waals surface area contributed by atoms with Gasteiger partial charge in [-0.2, -0.15) is 11.3 Å². The normalized spacial score (nSPS) is 19.6. The van der Waals surface area contributed by atoms with Crippen molar-refractivity contribution < 1.29 is 4.74 Å². The van der Waals surface area contributed by atoms with E-state index in [0.29, 0.717) is 6.10 Å². The van der Waals surface area contributed by atoms with Crippen LogP contribution in [0.5, 0.6) is 0 Å². The van der Waals surface area contributed by atoms with E-state index in [1.54, 1.807) is 11.3 Å². The molecule has 19 heavy (non-hydrogen) atoms. The third-order valence-electron chi connectivity index (χ3n) is 3.13. The Morgan fingerprint density at radius 2 is 2.47 bits per heavy atom. The molecule has 4 nitrogen and oxygen atoms in total. The Bertz CT molecular complexity index is 372. The van der Waals surface area contributed by atoms with E-state index in [2.05, 4.69) is 39.4 Å². The van der Waals surface area contributed by atoms with Gasteiger partial charge in [0.1, 0.15) is 0 Å². The number of hydrogen-bond acceptors (Lipinski definition) is 3. The van der Waals surface area contributed by atoms with Gasteiger partial charge in [0.15, 0.2) is 5.96 Å². The maximum Gasteiger partial charge on any atom is 0.191 e. The molecule has 5 heteroatoms. The van der Waals surface area contributed by atoms with Crippen LogP contribution in [0.2, 0.25) is 0 Å². The zero-order valence-corrected chi connectivity index (χ0v) is 12.3. The van der Waals surface area contributed by atoms with E-state index in [1.807, 2.05) is 0 Å². The van der Waals surface area contributed by atoms with E-state index >= 15 is 0 Å². The van der Waals surface area contributed by atoms with Crippen molar-refractivity contribution >= 4 is 17.3 Å². The summed E-state index contributed by atoms with van der Waals surface area (Å²) in [7, 11) is 0. The zero-order valence-electron chi connectivity index (χ0n) is 11.5. The van der Waals surface area contributed by atoms with E-state index in [0.717, 1.165) is 38.6 Å². The molecule has 0 saturated carbocycles. The average Bonchev–Trinajstić information content (AvgIpc) is 3.09. The predicted octanol–water partition coefficient (Wildman–Crippen LogP) is 2.37. The number of guanidine groups is 1. The smallest absolute Gasteiger partial charge is 0.191 e. The lowest BCUT2D eigenvalue weighted by Crippen LogP contribution is -2.38. The molecule has 1 unspecified atom stereocenters. The molecule has 1 fully saturated rings. The first-order chi connectivity index (χ1) is 9.38. The Kier molecular flexibility index (Phi) is 6.17. The maximum absolute atomic E-state index is 5.61. The first-order valence-corrected chi connectivity index (χ1v) is 7.97. The first kappa shape index (κ1) is 14.3. The standard InChI is InChI=1S/C14H23N3OS/c1-2-15-14(17-10-12-6-9-19-11-12)16-7-5-13-4-3-8-18-13/h6,9,11,13H,2-5,7-8,10H2,1H3,(H2,15,16,17). The third kappa shape index (κ3) is 5.20. The van der Waals surface area contributed by atoms with Crippen molar-refractivity contribution in [3.05, 3.63) is 22.4 Å². The molecule has 0 spiro atoms. The van der Waals surface area contributed by atoms with Gasteiger partial charge in [-0.05, 0) is 48.6 Å². The van der Waals surface area contributed by atoms with Crippen LogP contribution in [0.15, 0.2) is 21.8 Å². The molecule has 2 heterocycles. The van der Waals surface area contributed by atoms with E-state index in [-0.39, 0.29) is 0 Å². The highest BCUT2D eigenvalue weighted by atomic mass is 32.1. The maximum atomic E-state index is 5.61. The van der Waals surface area contributed by atoms with E-state index in [9.17, 15) is 0 Å². The second-order valence-electron chi connectivity index (χ2n) is 4.68. The number of nitrogens with one attached hydrogen (secondary N) is 2. The SMILES string of the molecule is CCNC(=NCc1ccsc1)NCCC1CCCO1. The van der Waals surface area contributed by atoms with Crippen LogP contribution in [0, 0.1) is 0 Å². The van der Waals surface area contributed by atoms with Crippen molar-refractivity contribution in [2.24, 2.45) is 4.99 Å².